The monoisotopic (exact) mass is 451 g/mol. The summed E-state index contributed by atoms with van der Waals surface area (Å²) in [6.07, 6.45) is 5.82. The molecule has 2 amide bonds. The van der Waals surface area contributed by atoms with Crippen LogP contribution in [0.25, 0.3) is 5.70 Å². The summed E-state index contributed by atoms with van der Waals surface area (Å²) in [6.45, 7) is 17.4. The van der Waals surface area contributed by atoms with Gasteiger partial charge in [0.15, 0.2) is 0 Å². The van der Waals surface area contributed by atoms with E-state index in [2.05, 4.69) is 37.3 Å². The summed E-state index contributed by atoms with van der Waals surface area (Å²) >= 11 is 0. The number of benzene rings is 1. The van der Waals surface area contributed by atoms with E-state index in [4.69, 9.17) is 0 Å². The van der Waals surface area contributed by atoms with Crippen LogP contribution in [0.2, 0.25) is 0 Å². The molecular weight excluding hydrogens is 414 g/mol. The quantitative estimate of drug-likeness (QED) is 0.222. The highest BCUT2D eigenvalue weighted by atomic mass is 16.3. The van der Waals surface area contributed by atoms with Crippen LogP contribution in [0.1, 0.15) is 52.2 Å². The standard InChI is InChI=1S/C27H37N3O3/c1-18(2)17-23-13-15-24(16-14-23)21(6)28-27(29-22(7)31)20(5)25(32)11-9-10-12-26(33)30(8)19(3)4/h9-11,13-16,18-19,32H,5-6,12,17H2,1-4,7-8H3,(H,28,29,31)/b10-9+,25-11+. The molecule has 0 saturated carbocycles. The third-order valence-corrected chi connectivity index (χ3v) is 4.92. The second-order valence-electron chi connectivity index (χ2n) is 8.64. The van der Waals surface area contributed by atoms with Gasteiger partial charge in [0, 0.05) is 26.4 Å². The van der Waals surface area contributed by atoms with Crippen LogP contribution in [0.5, 0.6) is 0 Å². The lowest BCUT2D eigenvalue weighted by molar-refractivity contribution is -0.130. The van der Waals surface area contributed by atoms with Crippen LogP contribution in [-0.4, -0.2) is 40.7 Å². The van der Waals surface area contributed by atoms with Crippen molar-refractivity contribution in [1.29, 1.82) is 0 Å². The highest BCUT2D eigenvalue weighted by Gasteiger charge is 2.13. The van der Waals surface area contributed by atoms with Crippen molar-refractivity contribution in [2.24, 2.45) is 10.9 Å². The van der Waals surface area contributed by atoms with Crippen molar-refractivity contribution < 1.29 is 14.7 Å². The number of nitrogens with one attached hydrogen (secondary N) is 1. The number of hydrogen-bond donors (Lipinski definition) is 2. The van der Waals surface area contributed by atoms with Crippen LogP contribution < -0.4 is 5.32 Å². The van der Waals surface area contributed by atoms with Crippen molar-refractivity contribution in [2.45, 2.75) is 53.5 Å². The van der Waals surface area contributed by atoms with Crippen LogP contribution >= 0.6 is 0 Å². The number of allylic oxidation sites excluding steroid dienone is 2. The molecule has 0 heterocycles. The molecule has 6 heteroatoms. The van der Waals surface area contributed by atoms with Crippen LogP contribution in [0, 0.1) is 5.92 Å². The molecule has 0 aliphatic heterocycles. The molecule has 0 bridgehead atoms. The highest BCUT2D eigenvalue weighted by molar-refractivity contribution is 6.10. The molecule has 0 aliphatic rings. The van der Waals surface area contributed by atoms with Gasteiger partial charge in [-0.25, -0.2) is 4.99 Å². The largest absolute Gasteiger partial charge is 0.507 e. The molecule has 0 radical (unpaired) electrons. The molecule has 178 valence electrons. The number of aliphatic imine (C=N–C) groups is 1. The van der Waals surface area contributed by atoms with Gasteiger partial charge in [0.25, 0.3) is 0 Å². The van der Waals surface area contributed by atoms with Crippen molar-refractivity contribution >= 4 is 23.3 Å². The molecule has 0 spiro atoms. The lowest BCUT2D eigenvalue weighted by atomic mass is 10.0. The minimum absolute atomic E-state index is 0.0239. The number of aliphatic hydroxyl groups excluding tert-OH is 1. The zero-order chi connectivity index (χ0) is 25.1. The van der Waals surface area contributed by atoms with E-state index in [9.17, 15) is 14.7 Å². The van der Waals surface area contributed by atoms with Crippen LogP contribution in [0.4, 0.5) is 0 Å². The number of amides is 2. The smallest absolute Gasteiger partial charge is 0.226 e. The molecule has 1 rings (SSSR count). The molecule has 0 atom stereocenters. The van der Waals surface area contributed by atoms with Gasteiger partial charge in [0.05, 0.1) is 11.3 Å². The second-order valence-corrected chi connectivity index (χ2v) is 8.64. The minimum Gasteiger partial charge on any atom is -0.507 e. The van der Waals surface area contributed by atoms with Gasteiger partial charge < -0.3 is 15.3 Å². The van der Waals surface area contributed by atoms with Crippen molar-refractivity contribution in [1.82, 2.24) is 10.2 Å². The van der Waals surface area contributed by atoms with E-state index in [-0.39, 0.29) is 41.4 Å². The van der Waals surface area contributed by atoms with Gasteiger partial charge in [-0.3, -0.25) is 9.59 Å². The van der Waals surface area contributed by atoms with Crippen molar-refractivity contribution in [3.8, 4) is 0 Å². The molecule has 33 heavy (non-hydrogen) atoms. The summed E-state index contributed by atoms with van der Waals surface area (Å²) in [5.74, 6) is 0.120. The Labute approximate surface area is 198 Å². The Morgan fingerprint density at radius 1 is 1.15 bits per heavy atom. The van der Waals surface area contributed by atoms with E-state index >= 15 is 0 Å². The highest BCUT2D eigenvalue weighted by Crippen LogP contribution is 2.18. The Bertz CT molecular complexity index is 951. The van der Waals surface area contributed by atoms with Crippen LogP contribution in [0.15, 0.2) is 72.0 Å². The molecule has 0 aromatic heterocycles. The number of rotatable bonds is 10. The predicted molar refractivity (Wildman–Crippen MR) is 137 cm³/mol. The first-order valence-corrected chi connectivity index (χ1v) is 11.1. The normalized spacial score (nSPS) is 12.4. The molecule has 6 nitrogen and oxygen atoms in total. The summed E-state index contributed by atoms with van der Waals surface area (Å²) in [5, 5.41) is 13.0. The van der Waals surface area contributed by atoms with E-state index in [1.54, 1.807) is 24.1 Å². The number of carbonyl (C=O) groups excluding carboxylic acids is 2. The Hall–Kier alpha value is -3.41. The van der Waals surface area contributed by atoms with E-state index in [1.165, 1.54) is 18.6 Å². The molecule has 1 aromatic rings. The lowest BCUT2D eigenvalue weighted by Crippen LogP contribution is -2.32. The maximum Gasteiger partial charge on any atom is 0.226 e. The first-order chi connectivity index (χ1) is 15.4. The number of amidine groups is 1. The summed E-state index contributed by atoms with van der Waals surface area (Å²) in [4.78, 5) is 29.8. The zero-order valence-corrected chi connectivity index (χ0v) is 20.7. The fourth-order valence-electron chi connectivity index (χ4n) is 2.82. The zero-order valence-electron chi connectivity index (χ0n) is 20.7. The maximum atomic E-state index is 12.0. The molecule has 0 fully saturated rings. The molecule has 0 aliphatic carbocycles. The number of aliphatic hydroxyl groups is 1. The maximum absolute atomic E-state index is 12.0. The van der Waals surface area contributed by atoms with Crippen LogP contribution in [0.3, 0.4) is 0 Å². The van der Waals surface area contributed by atoms with Crippen molar-refractivity contribution in [3.05, 3.63) is 78.1 Å². The molecule has 2 N–H and O–H groups in total. The average Bonchev–Trinajstić information content (AvgIpc) is 2.74. The Kier molecular flexibility index (Phi) is 11.1. The predicted octanol–water partition coefficient (Wildman–Crippen LogP) is 5.20. The lowest BCUT2D eigenvalue weighted by Gasteiger charge is -2.20. The Balaban J connectivity index is 2.98. The number of hydrogen-bond acceptors (Lipinski definition) is 4. The fraction of sp³-hybridized carbons (Fsp3) is 0.370. The Morgan fingerprint density at radius 3 is 2.27 bits per heavy atom. The summed E-state index contributed by atoms with van der Waals surface area (Å²) in [6, 6.07) is 8.04. The van der Waals surface area contributed by atoms with E-state index < -0.39 is 0 Å². The van der Waals surface area contributed by atoms with Gasteiger partial charge >= 0.3 is 0 Å². The van der Waals surface area contributed by atoms with Gasteiger partial charge in [-0.1, -0.05) is 63.4 Å². The topological polar surface area (TPSA) is 82.0 Å². The van der Waals surface area contributed by atoms with Gasteiger partial charge in [-0.05, 0) is 43.4 Å². The van der Waals surface area contributed by atoms with Crippen LogP contribution in [-0.2, 0) is 16.0 Å². The SMILES string of the molecule is C=C(C(=NC(=C)c1ccc(CC(C)C)cc1)NC(C)=O)/C(O)=C\C=C\CC(=O)N(C)C(C)C. The van der Waals surface area contributed by atoms with E-state index in [0.29, 0.717) is 11.6 Å². The molecule has 1 aromatic carbocycles. The van der Waals surface area contributed by atoms with Gasteiger partial charge in [0.2, 0.25) is 11.8 Å². The summed E-state index contributed by atoms with van der Waals surface area (Å²) < 4.78 is 0. The fourth-order valence-corrected chi connectivity index (χ4v) is 2.82. The molecular formula is C27H37N3O3. The first kappa shape index (κ1) is 27.6. The molecule has 0 unspecified atom stereocenters. The van der Waals surface area contributed by atoms with Gasteiger partial charge in [0.1, 0.15) is 11.6 Å². The minimum atomic E-state index is -0.347. The van der Waals surface area contributed by atoms with Crippen molar-refractivity contribution in [2.75, 3.05) is 7.05 Å². The third kappa shape index (κ3) is 9.73. The first-order valence-electron chi connectivity index (χ1n) is 11.1. The Morgan fingerprint density at radius 2 is 1.76 bits per heavy atom. The number of carbonyl (C=O) groups is 2. The van der Waals surface area contributed by atoms with Gasteiger partial charge in [-0.15, -0.1) is 0 Å². The summed E-state index contributed by atoms with van der Waals surface area (Å²) in [5.41, 5.74) is 2.59. The second kappa shape index (κ2) is 13.2. The van der Waals surface area contributed by atoms with E-state index in [0.717, 1.165) is 12.0 Å². The third-order valence-electron chi connectivity index (χ3n) is 4.92. The average molecular weight is 452 g/mol. The molecule has 0 saturated heterocycles. The number of nitrogens with zero attached hydrogens (tertiary/aromatic N) is 2. The van der Waals surface area contributed by atoms with Gasteiger partial charge in [-0.2, -0.15) is 0 Å². The van der Waals surface area contributed by atoms with E-state index in [1.807, 2.05) is 38.1 Å². The summed E-state index contributed by atoms with van der Waals surface area (Å²) in [7, 11) is 1.75. The van der Waals surface area contributed by atoms with Crippen molar-refractivity contribution in [3.63, 3.8) is 0 Å².